The Morgan fingerprint density at radius 1 is 1.04 bits per heavy atom. The van der Waals surface area contributed by atoms with Gasteiger partial charge in [-0.1, -0.05) is 12.1 Å². The first-order valence-corrected chi connectivity index (χ1v) is 8.75. The van der Waals surface area contributed by atoms with Crippen LogP contribution in [0.15, 0.2) is 42.6 Å². The second kappa shape index (κ2) is 9.54. The maximum absolute atomic E-state index is 13.6. The fourth-order valence-electron chi connectivity index (χ4n) is 2.30. The lowest BCUT2D eigenvalue weighted by Crippen LogP contribution is -2.20. The first kappa shape index (κ1) is 21.7. The topological polar surface area (TPSA) is 80.0 Å². The summed E-state index contributed by atoms with van der Waals surface area (Å²) in [5, 5.41) is 5.58. The number of carbonyl (C=O) groups excluding carboxylic acids is 1. The number of thiazole rings is 1. The van der Waals surface area contributed by atoms with Crippen LogP contribution in [0.5, 0.6) is 0 Å². The van der Waals surface area contributed by atoms with E-state index in [0.717, 1.165) is 15.4 Å². The molecule has 2 aromatic carbocycles. The standard InChI is InChI=1S/C18H15F3N4OS.ClH/c19-12-7-14(21)15(8-13(12)20)25-18(26)24-11-3-1-10(2-4-11)16-9-23-17(27-16)5-6-22;/h1-4,7-9H,5-6,22H2,(H2,24,25,26);1H. The summed E-state index contributed by atoms with van der Waals surface area (Å²) in [5.74, 6) is -3.65. The largest absolute Gasteiger partial charge is 0.330 e. The molecular formula is C18H16ClF3N4OS. The summed E-state index contributed by atoms with van der Waals surface area (Å²) in [6.45, 7) is 0.531. The summed E-state index contributed by atoms with van der Waals surface area (Å²) in [5.41, 5.74) is 6.43. The molecule has 1 aromatic heterocycles. The van der Waals surface area contributed by atoms with Crippen LogP contribution < -0.4 is 16.4 Å². The normalized spacial score (nSPS) is 10.3. The summed E-state index contributed by atoms with van der Waals surface area (Å²) in [7, 11) is 0. The van der Waals surface area contributed by atoms with Crippen molar-refractivity contribution in [1.82, 2.24) is 4.98 Å². The number of benzene rings is 2. The number of rotatable bonds is 5. The lowest BCUT2D eigenvalue weighted by molar-refractivity contribution is 0.262. The van der Waals surface area contributed by atoms with E-state index in [1.807, 2.05) is 0 Å². The first-order valence-electron chi connectivity index (χ1n) is 7.94. The second-order valence-electron chi connectivity index (χ2n) is 5.56. The number of carbonyl (C=O) groups is 1. The zero-order chi connectivity index (χ0) is 19.4. The van der Waals surface area contributed by atoms with Gasteiger partial charge in [0.25, 0.3) is 0 Å². The van der Waals surface area contributed by atoms with Crippen molar-refractivity contribution in [1.29, 1.82) is 0 Å². The van der Waals surface area contributed by atoms with Crippen molar-refractivity contribution in [3.05, 3.63) is 65.1 Å². The highest BCUT2D eigenvalue weighted by molar-refractivity contribution is 7.15. The molecular weight excluding hydrogens is 413 g/mol. The van der Waals surface area contributed by atoms with Crippen molar-refractivity contribution in [2.75, 3.05) is 17.2 Å². The molecule has 0 aliphatic rings. The maximum Gasteiger partial charge on any atom is 0.323 e. The highest BCUT2D eigenvalue weighted by Gasteiger charge is 2.12. The molecule has 4 N–H and O–H groups in total. The van der Waals surface area contributed by atoms with Gasteiger partial charge in [0, 0.05) is 30.4 Å². The van der Waals surface area contributed by atoms with E-state index in [-0.39, 0.29) is 12.4 Å². The van der Waals surface area contributed by atoms with Crippen LogP contribution in [0.1, 0.15) is 5.01 Å². The molecule has 0 aliphatic heterocycles. The van der Waals surface area contributed by atoms with Gasteiger partial charge in [0.2, 0.25) is 0 Å². The van der Waals surface area contributed by atoms with Crippen molar-refractivity contribution in [2.45, 2.75) is 6.42 Å². The van der Waals surface area contributed by atoms with Gasteiger partial charge >= 0.3 is 6.03 Å². The van der Waals surface area contributed by atoms with Crippen molar-refractivity contribution >= 4 is 41.1 Å². The van der Waals surface area contributed by atoms with Gasteiger partial charge in [-0.15, -0.1) is 23.7 Å². The average molecular weight is 429 g/mol. The molecule has 0 saturated carbocycles. The molecule has 3 rings (SSSR count). The molecule has 5 nitrogen and oxygen atoms in total. The van der Waals surface area contributed by atoms with E-state index < -0.39 is 29.2 Å². The predicted octanol–water partition coefficient (Wildman–Crippen LogP) is 4.79. The van der Waals surface area contributed by atoms with E-state index in [1.165, 1.54) is 11.3 Å². The zero-order valence-corrected chi connectivity index (χ0v) is 16.0. The number of urea groups is 1. The number of nitrogens with zero attached hydrogens (tertiary/aromatic N) is 1. The van der Waals surface area contributed by atoms with Crippen molar-refractivity contribution in [3.63, 3.8) is 0 Å². The predicted molar refractivity (Wildman–Crippen MR) is 107 cm³/mol. The van der Waals surface area contributed by atoms with Crippen LogP contribution in [0.3, 0.4) is 0 Å². The Balaban J connectivity index is 0.00000280. The summed E-state index contributed by atoms with van der Waals surface area (Å²) >= 11 is 1.54. The Bertz CT molecular complexity index is 966. The number of amides is 2. The number of anilines is 2. The van der Waals surface area contributed by atoms with Gasteiger partial charge in [-0.2, -0.15) is 0 Å². The molecule has 1 heterocycles. The first-order chi connectivity index (χ1) is 13.0. The minimum Gasteiger partial charge on any atom is -0.330 e. The van der Waals surface area contributed by atoms with E-state index in [1.54, 1.807) is 30.5 Å². The van der Waals surface area contributed by atoms with E-state index >= 15 is 0 Å². The third kappa shape index (κ3) is 5.22. The van der Waals surface area contributed by atoms with E-state index in [0.29, 0.717) is 30.8 Å². The molecule has 0 unspecified atom stereocenters. The number of aromatic nitrogens is 1. The smallest absolute Gasteiger partial charge is 0.323 e. The molecule has 3 aromatic rings. The zero-order valence-electron chi connectivity index (χ0n) is 14.3. The number of hydrogen-bond donors (Lipinski definition) is 3. The Kier molecular flexibility index (Phi) is 7.38. The maximum atomic E-state index is 13.6. The fraction of sp³-hybridized carbons (Fsp3) is 0.111. The Morgan fingerprint density at radius 3 is 2.39 bits per heavy atom. The summed E-state index contributed by atoms with van der Waals surface area (Å²) in [6.07, 6.45) is 2.47. The molecule has 0 spiro atoms. The third-order valence-corrected chi connectivity index (χ3v) is 4.70. The SMILES string of the molecule is Cl.NCCc1ncc(-c2ccc(NC(=O)Nc3cc(F)c(F)cc3F)cc2)s1. The van der Waals surface area contributed by atoms with Crippen LogP contribution in [0.4, 0.5) is 29.3 Å². The molecule has 0 atom stereocenters. The van der Waals surface area contributed by atoms with Crippen LogP contribution in [-0.2, 0) is 6.42 Å². The Labute approximate surface area is 169 Å². The van der Waals surface area contributed by atoms with Gasteiger partial charge in [0.15, 0.2) is 11.6 Å². The molecule has 0 radical (unpaired) electrons. The Hall–Kier alpha value is -2.62. The van der Waals surface area contributed by atoms with Crippen molar-refractivity contribution < 1.29 is 18.0 Å². The van der Waals surface area contributed by atoms with Crippen LogP contribution in [0.2, 0.25) is 0 Å². The van der Waals surface area contributed by atoms with Gasteiger partial charge < -0.3 is 16.4 Å². The quantitative estimate of drug-likeness (QED) is 0.511. The van der Waals surface area contributed by atoms with Gasteiger partial charge in [-0.3, -0.25) is 0 Å². The van der Waals surface area contributed by atoms with Crippen molar-refractivity contribution in [2.24, 2.45) is 5.73 Å². The molecule has 10 heteroatoms. The molecule has 0 fully saturated rings. The van der Waals surface area contributed by atoms with Gasteiger partial charge in [-0.25, -0.2) is 22.9 Å². The van der Waals surface area contributed by atoms with Gasteiger partial charge in [0.1, 0.15) is 5.82 Å². The molecule has 0 aliphatic carbocycles. The number of hydrogen-bond acceptors (Lipinski definition) is 4. The number of nitrogens with two attached hydrogens (primary N) is 1. The summed E-state index contributed by atoms with van der Waals surface area (Å²) in [6, 6.07) is 7.10. The van der Waals surface area contributed by atoms with Crippen LogP contribution in [0.25, 0.3) is 10.4 Å². The summed E-state index contributed by atoms with van der Waals surface area (Å²) in [4.78, 5) is 17.2. The Morgan fingerprint density at radius 2 is 1.71 bits per heavy atom. The van der Waals surface area contributed by atoms with Gasteiger partial charge in [-0.05, 0) is 24.2 Å². The third-order valence-electron chi connectivity index (χ3n) is 3.60. The second-order valence-corrected chi connectivity index (χ2v) is 6.67. The number of nitrogens with one attached hydrogen (secondary N) is 2. The lowest BCUT2D eigenvalue weighted by atomic mass is 10.2. The minimum atomic E-state index is -1.33. The van der Waals surface area contributed by atoms with Crippen LogP contribution >= 0.6 is 23.7 Å². The van der Waals surface area contributed by atoms with Gasteiger partial charge in [0.05, 0.1) is 15.6 Å². The van der Waals surface area contributed by atoms with Crippen LogP contribution in [0, 0.1) is 17.5 Å². The van der Waals surface area contributed by atoms with Crippen LogP contribution in [-0.4, -0.2) is 17.6 Å². The molecule has 148 valence electrons. The highest BCUT2D eigenvalue weighted by atomic mass is 35.5. The minimum absolute atomic E-state index is 0. The van der Waals surface area contributed by atoms with E-state index in [4.69, 9.17) is 5.73 Å². The molecule has 0 saturated heterocycles. The molecule has 2 amide bonds. The highest BCUT2D eigenvalue weighted by Crippen LogP contribution is 2.27. The monoisotopic (exact) mass is 428 g/mol. The van der Waals surface area contributed by atoms with E-state index in [9.17, 15) is 18.0 Å². The molecule has 28 heavy (non-hydrogen) atoms. The average Bonchev–Trinajstić information content (AvgIpc) is 3.09. The lowest BCUT2D eigenvalue weighted by Gasteiger charge is -2.09. The van der Waals surface area contributed by atoms with Crippen molar-refractivity contribution in [3.8, 4) is 10.4 Å². The number of halogens is 4. The summed E-state index contributed by atoms with van der Waals surface area (Å²) < 4.78 is 39.6. The fourth-order valence-corrected chi connectivity index (χ4v) is 3.24. The molecule has 0 bridgehead atoms. The van der Waals surface area contributed by atoms with E-state index in [2.05, 4.69) is 15.6 Å².